The van der Waals surface area contributed by atoms with Crippen LogP contribution < -0.4 is 0 Å². The summed E-state index contributed by atoms with van der Waals surface area (Å²) >= 11 is 0. The van der Waals surface area contributed by atoms with Gasteiger partial charge in [0.05, 0.1) is 6.61 Å². The summed E-state index contributed by atoms with van der Waals surface area (Å²) in [6.07, 6.45) is -0.708. The van der Waals surface area contributed by atoms with Gasteiger partial charge >= 0.3 is 11.9 Å². The van der Waals surface area contributed by atoms with Gasteiger partial charge in [-0.05, 0) is 60.6 Å². The lowest BCUT2D eigenvalue weighted by Crippen LogP contribution is -2.40. The maximum atomic E-state index is 13.5. The molecule has 0 aliphatic heterocycles. The molecule has 5 heteroatoms. The number of carbonyl (C=O) groups excluding carboxylic acids is 2. The van der Waals surface area contributed by atoms with Crippen molar-refractivity contribution in [2.75, 3.05) is 20.7 Å². The molecule has 174 valence electrons. The van der Waals surface area contributed by atoms with Crippen LogP contribution in [0.3, 0.4) is 0 Å². The van der Waals surface area contributed by atoms with Crippen LogP contribution in [0.15, 0.2) is 84.9 Å². The molecule has 0 aliphatic carbocycles. The average Bonchev–Trinajstić information content (AvgIpc) is 2.85. The van der Waals surface area contributed by atoms with E-state index in [1.54, 1.807) is 6.92 Å². The Morgan fingerprint density at radius 2 is 1.35 bits per heavy atom. The number of benzene rings is 4. The number of hydrogen-bond donors (Lipinski definition) is 0. The fourth-order valence-electron chi connectivity index (χ4n) is 4.28. The van der Waals surface area contributed by atoms with E-state index >= 15 is 0 Å². The highest BCUT2D eigenvalue weighted by Crippen LogP contribution is 2.35. The van der Waals surface area contributed by atoms with Crippen LogP contribution in [0.5, 0.6) is 0 Å². The lowest BCUT2D eigenvalue weighted by Gasteiger charge is -2.26. The predicted octanol–water partition coefficient (Wildman–Crippen LogP) is 5.31. The Bertz CT molecular complexity index is 1250. The summed E-state index contributed by atoms with van der Waals surface area (Å²) < 4.78 is 11.4. The number of fused-ring (bicyclic) bond motifs is 2. The molecule has 4 aromatic carbocycles. The molecule has 34 heavy (non-hydrogen) atoms. The Morgan fingerprint density at radius 1 is 0.794 bits per heavy atom. The number of carbonyl (C=O) groups is 2. The van der Waals surface area contributed by atoms with Gasteiger partial charge in [0.15, 0.2) is 0 Å². The van der Waals surface area contributed by atoms with Gasteiger partial charge in [0, 0.05) is 5.56 Å². The van der Waals surface area contributed by atoms with E-state index in [9.17, 15) is 9.59 Å². The van der Waals surface area contributed by atoms with E-state index in [-0.39, 0.29) is 6.61 Å². The summed E-state index contributed by atoms with van der Waals surface area (Å²) in [7, 11) is 3.67. The molecule has 0 radical (unpaired) electrons. The summed E-state index contributed by atoms with van der Waals surface area (Å²) in [6, 6.07) is 26.9. The molecule has 0 amide bonds. The van der Waals surface area contributed by atoms with E-state index in [1.165, 1.54) is 0 Å². The first-order chi connectivity index (χ1) is 16.5. The molecule has 5 nitrogen and oxygen atoms in total. The second kappa shape index (κ2) is 10.5. The van der Waals surface area contributed by atoms with Crippen LogP contribution in [0.2, 0.25) is 0 Å². The van der Waals surface area contributed by atoms with Gasteiger partial charge in [-0.15, -0.1) is 0 Å². The summed E-state index contributed by atoms with van der Waals surface area (Å²) in [5, 5.41) is 3.65. The van der Waals surface area contributed by atoms with Crippen LogP contribution in [0, 0.1) is 0 Å². The number of likely N-dealkylation sites (N-methyl/N-ethyl adjacent to an activating group) is 1. The number of rotatable bonds is 8. The van der Waals surface area contributed by atoms with E-state index in [0.29, 0.717) is 12.0 Å². The van der Waals surface area contributed by atoms with E-state index < -0.39 is 24.1 Å². The zero-order valence-electron chi connectivity index (χ0n) is 19.7. The second-order valence-electron chi connectivity index (χ2n) is 8.47. The highest BCUT2D eigenvalue weighted by molar-refractivity contribution is 6.05. The summed E-state index contributed by atoms with van der Waals surface area (Å²) in [6.45, 7) is 1.94. The van der Waals surface area contributed by atoms with Gasteiger partial charge in [-0.25, -0.2) is 4.79 Å². The molecule has 0 saturated heterocycles. The first-order valence-electron chi connectivity index (χ1n) is 11.5. The quantitative estimate of drug-likeness (QED) is 0.266. The van der Waals surface area contributed by atoms with Crippen molar-refractivity contribution in [2.45, 2.75) is 25.5 Å². The first kappa shape index (κ1) is 23.5. The van der Waals surface area contributed by atoms with Crippen molar-refractivity contribution in [1.29, 1.82) is 0 Å². The molecule has 0 bridgehead atoms. The number of nitrogens with zero attached hydrogens (tertiary/aromatic N) is 1. The molecular weight excluding hydrogens is 426 g/mol. The highest BCUT2D eigenvalue weighted by Gasteiger charge is 2.33. The molecule has 4 aromatic rings. The average molecular weight is 456 g/mol. The molecule has 0 fully saturated rings. The van der Waals surface area contributed by atoms with Crippen LogP contribution in [0.25, 0.3) is 21.5 Å². The van der Waals surface area contributed by atoms with Gasteiger partial charge in [-0.1, -0.05) is 78.9 Å². The van der Waals surface area contributed by atoms with Gasteiger partial charge in [-0.2, -0.15) is 0 Å². The second-order valence-corrected chi connectivity index (χ2v) is 8.47. The largest absolute Gasteiger partial charge is 0.463 e. The zero-order chi connectivity index (χ0) is 24.1. The molecule has 0 N–H and O–H groups in total. The molecule has 4 rings (SSSR count). The zero-order valence-corrected chi connectivity index (χ0v) is 19.7. The Hall–Kier alpha value is -3.70. The molecule has 2 atom stereocenters. The summed E-state index contributed by atoms with van der Waals surface area (Å²) in [5.74, 6) is -1.04. The Kier molecular flexibility index (Phi) is 7.24. The van der Waals surface area contributed by atoms with Crippen LogP contribution in [0.4, 0.5) is 0 Å². The summed E-state index contributed by atoms with van der Waals surface area (Å²) in [5.41, 5.74) is 1.67. The van der Waals surface area contributed by atoms with Crippen LogP contribution in [-0.2, 0) is 25.5 Å². The lowest BCUT2D eigenvalue weighted by molar-refractivity contribution is -0.171. The Labute approximate surface area is 199 Å². The van der Waals surface area contributed by atoms with Gasteiger partial charge in [-0.3, -0.25) is 9.69 Å². The number of hydrogen-bond acceptors (Lipinski definition) is 5. The third-order valence-electron chi connectivity index (χ3n) is 5.98. The van der Waals surface area contributed by atoms with Crippen LogP contribution >= 0.6 is 0 Å². The third-order valence-corrected chi connectivity index (χ3v) is 5.98. The third kappa shape index (κ3) is 4.95. The molecule has 0 aromatic heterocycles. The maximum absolute atomic E-state index is 13.5. The topological polar surface area (TPSA) is 55.8 Å². The maximum Gasteiger partial charge on any atom is 0.352 e. The van der Waals surface area contributed by atoms with Gasteiger partial charge < -0.3 is 9.47 Å². The Morgan fingerprint density at radius 3 is 1.91 bits per heavy atom. The molecular formula is C29H29NO4. The molecule has 0 saturated carbocycles. The van der Waals surface area contributed by atoms with E-state index in [4.69, 9.17) is 9.47 Å². The normalized spacial score (nSPS) is 13.1. The van der Waals surface area contributed by atoms with Crippen molar-refractivity contribution in [1.82, 2.24) is 4.90 Å². The minimum absolute atomic E-state index is 0.191. The minimum Gasteiger partial charge on any atom is -0.463 e. The fraction of sp³-hybridized carbons (Fsp3) is 0.241. The lowest BCUT2D eigenvalue weighted by atomic mass is 9.93. The van der Waals surface area contributed by atoms with Crippen molar-refractivity contribution in [3.8, 4) is 0 Å². The van der Waals surface area contributed by atoms with Gasteiger partial charge in [0.1, 0.15) is 6.04 Å². The standard InChI is InChI=1S/C29H29NO4/c1-4-33-29(32)27(34-28(31)25(30(2)3)18-20-12-6-5-7-13-20)26-23-16-10-8-14-21(23)19-22-15-9-11-17-24(22)26/h5-17,19,25,27H,4,18H2,1-3H3/t25-,27+/m1/s1. The van der Waals surface area contributed by atoms with E-state index in [0.717, 1.165) is 27.1 Å². The highest BCUT2D eigenvalue weighted by atomic mass is 16.6. The molecule has 0 unspecified atom stereocenters. The smallest absolute Gasteiger partial charge is 0.352 e. The van der Waals surface area contributed by atoms with Crippen LogP contribution in [-0.4, -0.2) is 43.6 Å². The van der Waals surface area contributed by atoms with Crippen molar-refractivity contribution >= 4 is 33.5 Å². The van der Waals surface area contributed by atoms with Crippen molar-refractivity contribution in [3.05, 3.63) is 96.1 Å². The van der Waals surface area contributed by atoms with Crippen molar-refractivity contribution in [2.24, 2.45) is 0 Å². The van der Waals surface area contributed by atoms with E-state index in [1.807, 2.05) is 97.9 Å². The fourth-order valence-corrected chi connectivity index (χ4v) is 4.28. The molecule has 0 spiro atoms. The van der Waals surface area contributed by atoms with E-state index in [2.05, 4.69) is 6.07 Å². The number of esters is 2. The SMILES string of the molecule is CCOC(=O)[C@@H](OC(=O)[C@@H](Cc1ccccc1)N(C)C)c1c2ccccc2cc2ccccc12. The molecule has 0 aliphatic rings. The minimum atomic E-state index is -1.18. The Balaban J connectivity index is 1.79. The monoisotopic (exact) mass is 455 g/mol. The molecule has 0 heterocycles. The van der Waals surface area contributed by atoms with Crippen molar-refractivity contribution in [3.63, 3.8) is 0 Å². The number of ether oxygens (including phenoxy) is 2. The predicted molar refractivity (Wildman–Crippen MR) is 135 cm³/mol. The first-order valence-corrected chi connectivity index (χ1v) is 11.5. The summed E-state index contributed by atoms with van der Waals surface area (Å²) in [4.78, 5) is 28.5. The van der Waals surface area contributed by atoms with Crippen LogP contribution in [0.1, 0.15) is 24.2 Å². The van der Waals surface area contributed by atoms with Crippen molar-refractivity contribution < 1.29 is 19.1 Å². The van der Waals surface area contributed by atoms with Gasteiger partial charge in [0.2, 0.25) is 6.10 Å². The van der Waals surface area contributed by atoms with Gasteiger partial charge in [0.25, 0.3) is 0 Å².